The number of thioether (sulfide) groups is 1. The summed E-state index contributed by atoms with van der Waals surface area (Å²) < 4.78 is 5.63. The second kappa shape index (κ2) is 9.26. The molecule has 5 nitrogen and oxygen atoms in total. The van der Waals surface area contributed by atoms with E-state index in [4.69, 9.17) is 4.42 Å². The van der Waals surface area contributed by atoms with Crippen molar-refractivity contribution in [3.63, 3.8) is 0 Å². The summed E-state index contributed by atoms with van der Waals surface area (Å²) in [6, 6.07) is 16.2. The number of nitrogens with one attached hydrogen (secondary N) is 2. The first-order chi connectivity index (χ1) is 13.8. The molecular weight excluding hydrogens is 370 g/mol. The van der Waals surface area contributed by atoms with E-state index in [9.17, 15) is 4.79 Å². The van der Waals surface area contributed by atoms with Gasteiger partial charge < -0.3 is 14.6 Å². The van der Waals surface area contributed by atoms with Crippen molar-refractivity contribution in [2.75, 3.05) is 18.8 Å². The Morgan fingerprint density at radius 3 is 2.57 bits per heavy atom. The van der Waals surface area contributed by atoms with Crippen LogP contribution in [0.5, 0.6) is 0 Å². The predicted octanol–water partition coefficient (Wildman–Crippen LogP) is 2.81. The van der Waals surface area contributed by atoms with Gasteiger partial charge in [0.05, 0.1) is 18.8 Å². The summed E-state index contributed by atoms with van der Waals surface area (Å²) in [5.41, 5.74) is 4.06. The van der Waals surface area contributed by atoms with Crippen LogP contribution in [0.4, 0.5) is 0 Å². The fourth-order valence-corrected chi connectivity index (χ4v) is 4.25. The Hall–Kier alpha value is -2.31. The van der Waals surface area contributed by atoms with Crippen LogP contribution in [0.25, 0.3) is 11.1 Å². The Morgan fingerprint density at radius 1 is 1.04 bits per heavy atom. The third kappa shape index (κ3) is 5.14. The van der Waals surface area contributed by atoms with Crippen molar-refractivity contribution in [2.24, 2.45) is 0 Å². The average Bonchev–Trinajstić information content (AvgIpc) is 3.15. The summed E-state index contributed by atoms with van der Waals surface area (Å²) in [7, 11) is 0. The molecule has 2 heterocycles. The van der Waals surface area contributed by atoms with Gasteiger partial charge in [0, 0.05) is 12.1 Å². The van der Waals surface area contributed by atoms with Crippen molar-refractivity contribution < 1.29 is 14.1 Å². The summed E-state index contributed by atoms with van der Waals surface area (Å²) in [5, 5.41) is 3.50. The number of hydrogen-bond acceptors (Lipinski definition) is 4. The number of rotatable bonds is 7. The van der Waals surface area contributed by atoms with Gasteiger partial charge >= 0.3 is 0 Å². The number of para-hydroxylation sites is 2. The largest absolute Gasteiger partial charge is 0.431 e. The van der Waals surface area contributed by atoms with Crippen LogP contribution < -0.4 is 10.2 Å². The third-order valence-electron chi connectivity index (χ3n) is 5.13. The second-order valence-corrected chi connectivity index (χ2v) is 8.24. The summed E-state index contributed by atoms with van der Waals surface area (Å²) in [6.45, 7) is 4.22. The van der Waals surface area contributed by atoms with E-state index in [1.165, 1.54) is 49.7 Å². The Labute approximate surface area is 169 Å². The molecule has 1 fully saturated rings. The van der Waals surface area contributed by atoms with Crippen LogP contribution in [0.1, 0.15) is 30.4 Å². The third-order valence-corrected chi connectivity index (χ3v) is 5.96. The molecule has 3 aromatic rings. The minimum atomic E-state index is -0.0194. The molecule has 0 radical (unpaired) electrons. The summed E-state index contributed by atoms with van der Waals surface area (Å²) in [6.07, 6.45) is 4.08. The van der Waals surface area contributed by atoms with Crippen molar-refractivity contribution in [1.82, 2.24) is 10.3 Å². The lowest BCUT2D eigenvalue weighted by Crippen LogP contribution is -3.11. The van der Waals surface area contributed by atoms with E-state index < -0.39 is 0 Å². The molecule has 4 rings (SSSR count). The number of likely N-dealkylation sites (tertiary alicyclic amines) is 1. The lowest BCUT2D eigenvalue weighted by molar-refractivity contribution is -0.918. The molecule has 2 aromatic carbocycles. The van der Waals surface area contributed by atoms with Crippen molar-refractivity contribution in [3.8, 4) is 0 Å². The summed E-state index contributed by atoms with van der Waals surface area (Å²) in [5.74, 6) is 0.276. The van der Waals surface area contributed by atoms with Crippen LogP contribution in [-0.2, 0) is 17.9 Å². The Morgan fingerprint density at radius 2 is 1.79 bits per heavy atom. The SMILES string of the molecule is O=C(CSc1nc2ccccc2o1)NCc1ccc(C[NH+]2CCCCC2)cc1. The van der Waals surface area contributed by atoms with Gasteiger partial charge in [-0.3, -0.25) is 4.79 Å². The normalized spacial score (nSPS) is 15.0. The van der Waals surface area contributed by atoms with Gasteiger partial charge in [-0.15, -0.1) is 0 Å². The van der Waals surface area contributed by atoms with Crippen LogP contribution in [0.2, 0.25) is 0 Å². The molecule has 0 spiro atoms. The standard InChI is InChI=1S/C22H25N3O2S/c26-21(16-28-22-24-19-6-2-3-7-20(19)27-22)23-14-17-8-10-18(11-9-17)15-25-12-4-1-5-13-25/h2-3,6-11H,1,4-5,12-16H2,(H,23,26)/p+1. The average molecular weight is 397 g/mol. The van der Waals surface area contributed by atoms with Gasteiger partial charge in [0.1, 0.15) is 12.1 Å². The van der Waals surface area contributed by atoms with Crippen molar-refractivity contribution in [1.29, 1.82) is 0 Å². The quantitative estimate of drug-likeness (QED) is 0.603. The molecular formula is C22H26N3O2S+. The minimum absolute atomic E-state index is 0.0194. The number of quaternary nitrogens is 1. The van der Waals surface area contributed by atoms with Gasteiger partial charge in [-0.05, 0) is 37.0 Å². The molecule has 0 aliphatic carbocycles. The molecule has 0 atom stereocenters. The lowest BCUT2D eigenvalue weighted by atomic mass is 10.1. The smallest absolute Gasteiger partial charge is 0.257 e. The fraction of sp³-hybridized carbons (Fsp3) is 0.364. The zero-order valence-electron chi connectivity index (χ0n) is 15.9. The van der Waals surface area contributed by atoms with Gasteiger partial charge in [-0.1, -0.05) is 48.2 Å². The van der Waals surface area contributed by atoms with E-state index in [2.05, 4.69) is 34.6 Å². The maximum Gasteiger partial charge on any atom is 0.257 e. The molecule has 146 valence electrons. The highest BCUT2D eigenvalue weighted by molar-refractivity contribution is 7.99. The van der Waals surface area contributed by atoms with Crippen molar-refractivity contribution in [3.05, 3.63) is 59.7 Å². The summed E-state index contributed by atoms with van der Waals surface area (Å²) >= 11 is 1.32. The molecule has 0 unspecified atom stereocenters. The minimum Gasteiger partial charge on any atom is -0.431 e. The van der Waals surface area contributed by atoms with E-state index in [-0.39, 0.29) is 5.91 Å². The first kappa shape index (κ1) is 19.0. The maximum atomic E-state index is 12.1. The molecule has 1 aromatic heterocycles. The van der Waals surface area contributed by atoms with E-state index in [1.54, 1.807) is 4.90 Å². The first-order valence-electron chi connectivity index (χ1n) is 9.93. The van der Waals surface area contributed by atoms with Crippen LogP contribution >= 0.6 is 11.8 Å². The highest BCUT2D eigenvalue weighted by atomic mass is 32.2. The number of oxazole rings is 1. The van der Waals surface area contributed by atoms with Gasteiger partial charge in [0.25, 0.3) is 5.22 Å². The predicted molar refractivity (Wildman–Crippen MR) is 111 cm³/mol. The number of benzene rings is 2. The molecule has 1 aliphatic heterocycles. The fourth-order valence-electron chi connectivity index (χ4n) is 3.58. The first-order valence-corrected chi connectivity index (χ1v) is 10.9. The number of piperidine rings is 1. The molecule has 1 saturated heterocycles. The molecule has 1 aliphatic rings. The molecule has 0 bridgehead atoms. The number of hydrogen-bond donors (Lipinski definition) is 2. The Balaban J connectivity index is 1.21. The van der Waals surface area contributed by atoms with Gasteiger partial charge in [-0.25, -0.2) is 4.98 Å². The topological polar surface area (TPSA) is 59.6 Å². The zero-order valence-corrected chi connectivity index (χ0v) is 16.8. The zero-order chi connectivity index (χ0) is 19.2. The van der Waals surface area contributed by atoms with E-state index in [1.807, 2.05) is 24.3 Å². The Bertz CT molecular complexity index is 884. The van der Waals surface area contributed by atoms with Crippen LogP contribution in [0.15, 0.2) is 58.2 Å². The van der Waals surface area contributed by atoms with Crippen LogP contribution in [0, 0.1) is 0 Å². The number of amides is 1. The summed E-state index contributed by atoms with van der Waals surface area (Å²) in [4.78, 5) is 18.2. The molecule has 2 N–H and O–H groups in total. The maximum absolute atomic E-state index is 12.1. The Kier molecular flexibility index (Phi) is 6.29. The van der Waals surface area contributed by atoms with E-state index in [0.29, 0.717) is 17.5 Å². The van der Waals surface area contributed by atoms with Crippen molar-refractivity contribution in [2.45, 2.75) is 37.6 Å². The number of carbonyl (C=O) groups is 1. The number of aromatic nitrogens is 1. The monoisotopic (exact) mass is 396 g/mol. The van der Waals surface area contributed by atoms with E-state index in [0.717, 1.165) is 23.2 Å². The molecule has 1 amide bonds. The second-order valence-electron chi connectivity index (χ2n) is 7.32. The molecule has 6 heteroatoms. The number of fused-ring (bicyclic) bond motifs is 1. The lowest BCUT2D eigenvalue weighted by Gasteiger charge is -2.23. The van der Waals surface area contributed by atoms with Crippen LogP contribution in [0.3, 0.4) is 0 Å². The number of nitrogens with zero attached hydrogens (tertiary/aromatic N) is 1. The van der Waals surface area contributed by atoms with Gasteiger partial charge in [0.15, 0.2) is 5.58 Å². The highest BCUT2D eigenvalue weighted by Gasteiger charge is 2.14. The van der Waals surface area contributed by atoms with E-state index >= 15 is 0 Å². The molecule has 0 saturated carbocycles. The molecule has 28 heavy (non-hydrogen) atoms. The van der Waals surface area contributed by atoms with Crippen LogP contribution in [-0.4, -0.2) is 29.7 Å². The highest BCUT2D eigenvalue weighted by Crippen LogP contribution is 2.22. The van der Waals surface area contributed by atoms with Crippen molar-refractivity contribution >= 4 is 28.8 Å². The number of carbonyl (C=O) groups excluding carboxylic acids is 1. The van der Waals surface area contributed by atoms with Gasteiger partial charge in [-0.2, -0.15) is 0 Å². The van der Waals surface area contributed by atoms with Gasteiger partial charge in [0.2, 0.25) is 5.91 Å².